The number of hydrogen-bond acceptors (Lipinski definition) is 3. The number of carbonyl (C=O) groups excluding carboxylic acids is 1. The van der Waals surface area contributed by atoms with Gasteiger partial charge in [0, 0.05) is 5.56 Å². The highest BCUT2D eigenvalue weighted by molar-refractivity contribution is 6.12. The van der Waals surface area contributed by atoms with Crippen LogP contribution in [-0.2, 0) is 4.79 Å². The van der Waals surface area contributed by atoms with Gasteiger partial charge in [0.25, 0.3) is 0 Å². The average Bonchev–Trinajstić information content (AvgIpc) is 2.28. The molecule has 1 aromatic carbocycles. The van der Waals surface area contributed by atoms with Crippen LogP contribution in [0.2, 0.25) is 0 Å². The van der Waals surface area contributed by atoms with Crippen molar-refractivity contribution in [1.82, 2.24) is 0 Å². The van der Waals surface area contributed by atoms with Crippen molar-refractivity contribution in [2.24, 2.45) is 5.41 Å². The number of benzene rings is 1. The first-order valence-corrected chi connectivity index (χ1v) is 6.11. The molecule has 1 N–H and O–H groups in total. The number of aliphatic carboxylic acids is 1. The molecule has 0 aliphatic heterocycles. The second-order valence-electron chi connectivity index (χ2n) is 4.53. The van der Waals surface area contributed by atoms with Crippen LogP contribution < -0.4 is 4.74 Å². The molecular weight excluding hydrogens is 232 g/mol. The van der Waals surface area contributed by atoms with Gasteiger partial charge in [-0.05, 0) is 44.0 Å². The molecule has 1 aliphatic carbocycles. The van der Waals surface area contributed by atoms with E-state index in [9.17, 15) is 14.7 Å². The quantitative estimate of drug-likeness (QED) is 0.642. The van der Waals surface area contributed by atoms with E-state index in [0.29, 0.717) is 30.8 Å². The molecule has 1 aromatic rings. The summed E-state index contributed by atoms with van der Waals surface area (Å²) in [7, 11) is 0. The predicted molar refractivity (Wildman–Crippen MR) is 65.9 cm³/mol. The lowest BCUT2D eigenvalue weighted by atomic mass is 9.64. The van der Waals surface area contributed by atoms with Gasteiger partial charge in [-0.15, -0.1) is 0 Å². The Balaban J connectivity index is 2.20. The summed E-state index contributed by atoms with van der Waals surface area (Å²) in [6.45, 7) is 2.44. The molecule has 0 bridgehead atoms. The van der Waals surface area contributed by atoms with E-state index in [1.54, 1.807) is 24.3 Å². The molecule has 96 valence electrons. The zero-order valence-electron chi connectivity index (χ0n) is 10.3. The predicted octanol–water partition coefficient (Wildman–Crippen LogP) is 2.52. The second kappa shape index (κ2) is 4.80. The van der Waals surface area contributed by atoms with Crippen LogP contribution >= 0.6 is 0 Å². The number of rotatable bonds is 5. The molecule has 0 amide bonds. The van der Waals surface area contributed by atoms with E-state index in [4.69, 9.17) is 4.74 Å². The maximum atomic E-state index is 12.2. The molecule has 2 rings (SSSR count). The monoisotopic (exact) mass is 248 g/mol. The van der Waals surface area contributed by atoms with Crippen LogP contribution in [0.4, 0.5) is 0 Å². The first-order valence-electron chi connectivity index (χ1n) is 6.11. The number of ketones is 1. The van der Waals surface area contributed by atoms with Gasteiger partial charge in [0.2, 0.25) is 0 Å². The molecule has 0 aromatic heterocycles. The van der Waals surface area contributed by atoms with Crippen molar-refractivity contribution in [2.75, 3.05) is 6.61 Å². The lowest BCUT2D eigenvalue weighted by Crippen LogP contribution is -2.45. The van der Waals surface area contributed by atoms with Crippen LogP contribution in [0, 0.1) is 5.41 Å². The fourth-order valence-corrected chi connectivity index (χ4v) is 2.21. The van der Waals surface area contributed by atoms with Gasteiger partial charge in [-0.1, -0.05) is 6.42 Å². The number of carbonyl (C=O) groups is 2. The van der Waals surface area contributed by atoms with Gasteiger partial charge in [-0.2, -0.15) is 0 Å². The molecule has 1 fully saturated rings. The molecule has 1 saturated carbocycles. The summed E-state index contributed by atoms with van der Waals surface area (Å²) in [6, 6.07) is 6.67. The first kappa shape index (κ1) is 12.6. The standard InChI is InChI=1S/C14H16O4/c1-2-18-11-6-4-10(5-7-11)12(15)14(13(16)17)8-3-9-14/h4-7H,2-3,8-9H2,1H3,(H,16,17). The number of hydrogen-bond donors (Lipinski definition) is 1. The van der Waals surface area contributed by atoms with Crippen LogP contribution in [0.1, 0.15) is 36.5 Å². The van der Waals surface area contributed by atoms with Crippen molar-refractivity contribution >= 4 is 11.8 Å². The molecule has 0 heterocycles. The normalized spacial score (nSPS) is 16.7. The van der Waals surface area contributed by atoms with Crippen molar-refractivity contribution in [3.8, 4) is 5.75 Å². The van der Waals surface area contributed by atoms with Gasteiger partial charge < -0.3 is 9.84 Å². The molecule has 0 radical (unpaired) electrons. The molecule has 1 aliphatic rings. The smallest absolute Gasteiger partial charge is 0.317 e. The minimum atomic E-state index is -1.19. The average molecular weight is 248 g/mol. The molecule has 0 unspecified atom stereocenters. The van der Waals surface area contributed by atoms with E-state index in [1.165, 1.54) is 0 Å². The van der Waals surface area contributed by atoms with Crippen LogP contribution in [0.25, 0.3) is 0 Å². The largest absolute Gasteiger partial charge is 0.494 e. The molecule has 4 nitrogen and oxygen atoms in total. The maximum Gasteiger partial charge on any atom is 0.317 e. The van der Waals surface area contributed by atoms with E-state index in [2.05, 4.69) is 0 Å². The third-order valence-electron chi connectivity index (χ3n) is 3.48. The highest BCUT2D eigenvalue weighted by Gasteiger charge is 2.51. The summed E-state index contributed by atoms with van der Waals surface area (Å²) in [5.41, 5.74) is -0.742. The maximum absolute atomic E-state index is 12.2. The van der Waals surface area contributed by atoms with E-state index in [-0.39, 0.29) is 5.78 Å². The zero-order chi connectivity index (χ0) is 13.2. The van der Waals surface area contributed by atoms with Gasteiger partial charge in [0.05, 0.1) is 6.61 Å². The first-order chi connectivity index (χ1) is 8.60. The minimum Gasteiger partial charge on any atom is -0.494 e. The topological polar surface area (TPSA) is 63.6 Å². The third-order valence-corrected chi connectivity index (χ3v) is 3.48. The Bertz CT molecular complexity index is 457. The Morgan fingerprint density at radius 2 is 1.89 bits per heavy atom. The van der Waals surface area contributed by atoms with Gasteiger partial charge in [0.1, 0.15) is 11.2 Å². The number of ether oxygens (including phenoxy) is 1. The Labute approximate surface area is 106 Å². The summed E-state index contributed by atoms with van der Waals surface area (Å²) in [6.07, 6.45) is 1.68. The van der Waals surface area contributed by atoms with E-state index < -0.39 is 11.4 Å². The van der Waals surface area contributed by atoms with Crippen molar-refractivity contribution < 1.29 is 19.4 Å². The van der Waals surface area contributed by atoms with Crippen LogP contribution in [-0.4, -0.2) is 23.5 Å². The van der Waals surface area contributed by atoms with Crippen LogP contribution in [0.15, 0.2) is 24.3 Å². The summed E-state index contributed by atoms with van der Waals surface area (Å²) in [5.74, 6) is -0.607. The molecule has 18 heavy (non-hydrogen) atoms. The lowest BCUT2D eigenvalue weighted by Gasteiger charge is -2.35. The van der Waals surface area contributed by atoms with Crippen LogP contribution in [0.5, 0.6) is 5.75 Å². The molecule has 0 saturated heterocycles. The number of Topliss-reactive ketones (excluding diaryl/α,β-unsaturated/α-hetero) is 1. The Morgan fingerprint density at radius 1 is 1.28 bits per heavy atom. The molecule has 0 atom stereocenters. The van der Waals surface area contributed by atoms with Crippen LogP contribution in [0.3, 0.4) is 0 Å². The summed E-state index contributed by atoms with van der Waals surface area (Å²) >= 11 is 0. The summed E-state index contributed by atoms with van der Waals surface area (Å²) < 4.78 is 5.29. The Hall–Kier alpha value is -1.84. The van der Waals surface area contributed by atoms with Gasteiger partial charge in [-0.25, -0.2) is 0 Å². The molecular formula is C14H16O4. The fourth-order valence-electron chi connectivity index (χ4n) is 2.21. The van der Waals surface area contributed by atoms with E-state index >= 15 is 0 Å². The highest BCUT2D eigenvalue weighted by Crippen LogP contribution is 2.43. The van der Waals surface area contributed by atoms with Gasteiger partial charge in [-0.3, -0.25) is 9.59 Å². The van der Waals surface area contributed by atoms with Crippen molar-refractivity contribution in [2.45, 2.75) is 26.2 Å². The Morgan fingerprint density at radius 3 is 2.28 bits per heavy atom. The Kier molecular flexibility index (Phi) is 3.36. The van der Waals surface area contributed by atoms with E-state index in [0.717, 1.165) is 6.42 Å². The summed E-state index contributed by atoms with van der Waals surface area (Å²) in [4.78, 5) is 23.5. The lowest BCUT2D eigenvalue weighted by molar-refractivity contribution is -0.150. The fraction of sp³-hybridized carbons (Fsp3) is 0.429. The second-order valence-corrected chi connectivity index (χ2v) is 4.53. The minimum absolute atomic E-state index is 0.288. The van der Waals surface area contributed by atoms with E-state index in [1.807, 2.05) is 6.92 Å². The van der Waals surface area contributed by atoms with Crippen molar-refractivity contribution in [1.29, 1.82) is 0 Å². The molecule has 4 heteroatoms. The number of carboxylic acids is 1. The molecule has 0 spiro atoms. The summed E-state index contributed by atoms with van der Waals surface area (Å²) in [5, 5.41) is 9.21. The van der Waals surface area contributed by atoms with Gasteiger partial charge >= 0.3 is 5.97 Å². The zero-order valence-corrected chi connectivity index (χ0v) is 10.3. The highest BCUT2D eigenvalue weighted by atomic mass is 16.5. The number of carboxylic acid groups (broad SMARTS) is 1. The SMILES string of the molecule is CCOc1ccc(C(=O)C2(C(=O)O)CCC2)cc1. The van der Waals surface area contributed by atoms with Crippen molar-refractivity contribution in [3.05, 3.63) is 29.8 Å². The van der Waals surface area contributed by atoms with Gasteiger partial charge in [0.15, 0.2) is 5.78 Å². The van der Waals surface area contributed by atoms with Crippen molar-refractivity contribution in [3.63, 3.8) is 0 Å². The third kappa shape index (κ3) is 1.98.